The zero-order valence-electron chi connectivity index (χ0n) is 10.6. The van der Waals surface area contributed by atoms with E-state index in [9.17, 15) is 0 Å². The highest BCUT2D eigenvalue weighted by Gasteiger charge is 2.27. The Labute approximate surface area is 108 Å². The highest BCUT2D eigenvalue weighted by atomic mass is 14.7. The number of rotatable bonds is 2. The minimum atomic E-state index is 0.0878. The normalized spacial score (nSPS) is 16.6. The van der Waals surface area contributed by atoms with Crippen LogP contribution in [0.2, 0.25) is 0 Å². The number of fused-ring (bicyclic) bond motifs is 1. The van der Waals surface area contributed by atoms with Crippen molar-refractivity contribution in [1.29, 1.82) is 0 Å². The Kier molecular flexibility index (Phi) is 2.88. The van der Waals surface area contributed by atoms with Crippen molar-refractivity contribution in [3.05, 3.63) is 65.0 Å². The fourth-order valence-electron chi connectivity index (χ4n) is 2.88. The van der Waals surface area contributed by atoms with Crippen LogP contribution >= 0.6 is 0 Å². The van der Waals surface area contributed by atoms with E-state index < -0.39 is 0 Å². The van der Waals surface area contributed by atoms with Gasteiger partial charge in [-0.3, -0.25) is 4.98 Å². The van der Waals surface area contributed by atoms with Crippen molar-refractivity contribution < 1.29 is 0 Å². The Balaban J connectivity index is 1.82. The minimum absolute atomic E-state index is 0.0878. The molecule has 0 amide bonds. The maximum absolute atomic E-state index is 6.41. The molecule has 1 unspecified atom stereocenters. The summed E-state index contributed by atoms with van der Waals surface area (Å²) in [5.74, 6) is 0.506. The molecular weight excluding hydrogens is 220 g/mol. The standard InChI is InChI=1S/C16H18N2/c1-11-6-15(10-18-9-11)16(17)14-7-12-4-2-3-5-13(12)8-14/h2-6,9-10,14,16H,7-8,17H2,1H3. The first-order chi connectivity index (χ1) is 8.74. The molecule has 2 nitrogen and oxygen atoms in total. The van der Waals surface area contributed by atoms with Crippen molar-refractivity contribution in [1.82, 2.24) is 4.98 Å². The molecule has 2 heteroatoms. The number of aromatic nitrogens is 1. The molecule has 0 aliphatic heterocycles. The van der Waals surface area contributed by atoms with E-state index in [0.29, 0.717) is 5.92 Å². The van der Waals surface area contributed by atoms with Crippen molar-refractivity contribution in [2.45, 2.75) is 25.8 Å². The molecular formula is C16H18N2. The topological polar surface area (TPSA) is 38.9 Å². The monoisotopic (exact) mass is 238 g/mol. The maximum atomic E-state index is 6.41. The van der Waals surface area contributed by atoms with E-state index in [1.54, 1.807) is 0 Å². The molecule has 1 heterocycles. The first-order valence-electron chi connectivity index (χ1n) is 6.48. The van der Waals surface area contributed by atoms with E-state index in [-0.39, 0.29) is 6.04 Å². The van der Waals surface area contributed by atoms with Gasteiger partial charge in [0, 0.05) is 18.4 Å². The Hall–Kier alpha value is -1.67. The lowest BCUT2D eigenvalue weighted by Gasteiger charge is -2.19. The van der Waals surface area contributed by atoms with E-state index in [1.807, 2.05) is 12.4 Å². The molecule has 2 aromatic rings. The van der Waals surface area contributed by atoms with Crippen molar-refractivity contribution >= 4 is 0 Å². The summed E-state index contributed by atoms with van der Waals surface area (Å²) in [6.07, 6.45) is 5.96. The average Bonchev–Trinajstić information content (AvgIpc) is 2.81. The van der Waals surface area contributed by atoms with Gasteiger partial charge in [-0.15, -0.1) is 0 Å². The van der Waals surface area contributed by atoms with Crippen LogP contribution in [0.4, 0.5) is 0 Å². The molecule has 18 heavy (non-hydrogen) atoms. The fourth-order valence-corrected chi connectivity index (χ4v) is 2.88. The molecule has 1 aliphatic rings. The first kappa shape index (κ1) is 11.4. The molecule has 3 rings (SSSR count). The summed E-state index contributed by atoms with van der Waals surface area (Å²) >= 11 is 0. The number of benzene rings is 1. The van der Waals surface area contributed by atoms with Crippen molar-refractivity contribution in [3.63, 3.8) is 0 Å². The van der Waals surface area contributed by atoms with Gasteiger partial charge in [-0.1, -0.05) is 30.3 Å². The van der Waals surface area contributed by atoms with Gasteiger partial charge in [0.05, 0.1) is 0 Å². The lowest BCUT2D eigenvalue weighted by molar-refractivity contribution is 0.452. The second-order valence-electron chi connectivity index (χ2n) is 5.26. The van der Waals surface area contributed by atoms with Crippen LogP contribution in [0.25, 0.3) is 0 Å². The highest BCUT2D eigenvalue weighted by molar-refractivity contribution is 5.34. The molecule has 1 aliphatic carbocycles. The number of nitrogens with zero attached hydrogens (tertiary/aromatic N) is 1. The van der Waals surface area contributed by atoms with Gasteiger partial charge >= 0.3 is 0 Å². The summed E-state index contributed by atoms with van der Waals surface area (Å²) in [5, 5.41) is 0. The fraction of sp³-hybridized carbons (Fsp3) is 0.312. The van der Waals surface area contributed by atoms with Crippen molar-refractivity contribution in [3.8, 4) is 0 Å². The molecule has 0 fully saturated rings. The van der Waals surface area contributed by atoms with Crippen LogP contribution in [0.3, 0.4) is 0 Å². The number of hydrogen-bond donors (Lipinski definition) is 1. The first-order valence-corrected chi connectivity index (χ1v) is 6.48. The molecule has 0 saturated carbocycles. The van der Waals surface area contributed by atoms with E-state index in [4.69, 9.17) is 5.73 Å². The summed E-state index contributed by atoms with van der Waals surface area (Å²) in [4.78, 5) is 4.25. The summed E-state index contributed by atoms with van der Waals surface area (Å²) in [6, 6.07) is 10.9. The van der Waals surface area contributed by atoms with Gasteiger partial charge in [-0.2, -0.15) is 0 Å². The second kappa shape index (κ2) is 4.54. The predicted molar refractivity (Wildman–Crippen MR) is 73.2 cm³/mol. The molecule has 1 aromatic heterocycles. The SMILES string of the molecule is Cc1cncc(C(N)C2Cc3ccccc3C2)c1. The molecule has 1 aromatic carbocycles. The van der Waals surface area contributed by atoms with E-state index in [0.717, 1.165) is 18.4 Å². The van der Waals surface area contributed by atoms with Crippen LogP contribution in [0.1, 0.15) is 28.3 Å². The van der Waals surface area contributed by atoms with Gasteiger partial charge in [0.1, 0.15) is 0 Å². The zero-order chi connectivity index (χ0) is 12.5. The van der Waals surface area contributed by atoms with Gasteiger partial charge in [0.2, 0.25) is 0 Å². The van der Waals surface area contributed by atoms with Gasteiger partial charge in [-0.25, -0.2) is 0 Å². The molecule has 1 atom stereocenters. The maximum Gasteiger partial charge on any atom is 0.0345 e. The summed E-state index contributed by atoms with van der Waals surface area (Å²) in [5.41, 5.74) is 11.7. The Morgan fingerprint density at radius 2 is 1.83 bits per heavy atom. The van der Waals surface area contributed by atoms with Crippen LogP contribution in [0, 0.1) is 12.8 Å². The van der Waals surface area contributed by atoms with Crippen LogP contribution < -0.4 is 5.73 Å². The third-order valence-corrected chi connectivity index (χ3v) is 3.87. The van der Waals surface area contributed by atoms with E-state index in [1.165, 1.54) is 16.7 Å². The lowest BCUT2D eigenvalue weighted by atomic mass is 9.92. The number of pyridine rings is 1. The van der Waals surface area contributed by atoms with Crippen LogP contribution in [0.5, 0.6) is 0 Å². The Bertz CT molecular complexity index is 538. The molecule has 0 saturated heterocycles. The van der Waals surface area contributed by atoms with Gasteiger partial charge in [0.15, 0.2) is 0 Å². The molecule has 2 N–H and O–H groups in total. The molecule has 0 radical (unpaired) electrons. The molecule has 92 valence electrons. The molecule has 0 bridgehead atoms. The predicted octanol–water partition coefficient (Wildman–Crippen LogP) is 2.80. The third kappa shape index (κ3) is 2.04. The minimum Gasteiger partial charge on any atom is -0.324 e. The highest BCUT2D eigenvalue weighted by Crippen LogP contribution is 2.33. The number of hydrogen-bond acceptors (Lipinski definition) is 2. The van der Waals surface area contributed by atoms with Gasteiger partial charge < -0.3 is 5.73 Å². The summed E-state index contributed by atoms with van der Waals surface area (Å²) in [7, 11) is 0. The van der Waals surface area contributed by atoms with Gasteiger partial charge in [-0.05, 0) is 47.9 Å². The van der Waals surface area contributed by atoms with Crippen LogP contribution in [-0.2, 0) is 12.8 Å². The lowest BCUT2D eigenvalue weighted by Crippen LogP contribution is -2.22. The van der Waals surface area contributed by atoms with Crippen LogP contribution in [-0.4, -0.2) is 4.98 Å². The van der Waals surface area contributed by atoms with Gasteiger partial charge in [0.25, 0.3) is 0 Å². The number of aryl methyl sites for hydroxylation is 1. The van der Waals surface area contributed by atoms with Crippen molar-refractivity contribution in [2.24, 2.45) is 11.7 Å². The largest absolute Gasteiger partial charge is 0.324 e. The summed E-state index contributed by atoms with van der Waals surface area (Å²) in [6.45, 7) is 2.06. The average molecular weight is 238 g/mol. The zero-order valence-corrected chi connectivity index (χ0v) is 10.6. The molecule has 0 spiro atoms. The number of nitrogens with two attached hydrogens (primary N) is 1. The smallest absolute Gasteiger partial charge is 0.0345 e. The third-order valence-electron chi connectivity index (χ3n) is 3.87. The quantitative estimate of drug-likeness (QED) is 0.873. The second-order valence-corrected chi connectivity index (χ2v) is 5.26. The van der Waals surface area contributed by atoms with E-state index in [2.05, 4.69) is 42.2 Å². The Morgan fingerprint density at radius 1 is 1.17 bits per heavy atom. The van der Waals surface area contributed by atoms with E-state index >= 15 is 0 Å². The Morgan fingerprint density at radius 3 is 2.44 bits per heavy atom. The van der Waals surface area contributed by atoms with Crippen molar-refractivity contribution in [2.75, 3.05) is 0 Å². The van der Waals surface area contributed by atoms with Crippen LogP contribution in [0.15, 0.2) is 42.7 Å². The summed E-state index contributed by atoms with van der Waals surface area (Å²) < 4.78 is 0.